The fourth-order valence-electron chi connectivity index (χ4n) is 1.42. The third-order valence-electron chi connectivity index (χ3n) is 2.22. The van der Waals surface area contributed by atoms with E-state index < -0.39 is 0 Å². The molecule has 1 aromatic heterocycles. The highest BCUT2D eigenvalue weighted by Crippen LogP contribution is 2.27. The smallest absolute Gasteiger partial charge is 0.133 e. The molecule has 2 nitrogen and oxygen atoms in total. The van der Waals surface area contributed by atoms with Gasteiger partial charge in [0.25, 0.3) is 0 Å². The number of pyridine rings is 1. The molecule has 0 aliphatic rings. The van der Waals surface area contributed by atoms with Gasteiger partial charge in [-0.05, 0) is 30.5 Å². The zero-order valence-corrected chi connectivity index (χ0v) is 11.0. The van der Waals surface area contributed by atoms with Gasteiger partial charge in [0, 0.05) is 16.1 Å². The summed E-state index contributed by atoms with van der Waals surface area (Å²) >= 11 is 7.55. The molecule has 0 N–H and O–H groups in total. The van der Waals surface area contributed by atoms with Gasteiger partial charge in [-0.1, -0.05) is 23.7 Å². The van der Waals surface area contributed by atoms with Gasteiger partial charge in [-0.15, -0.1) is 11.8 Å². The highest BCUT2D eigenvalue weighted by atomic mass is 35.5. The lowest BCUT2D eigenvalue weighted by Gasteiger charge is -2.09. The van der Waals surface area contributed by atoms with Gasteiger partial charge >= 0.3 is 0 Å². The van der Waals surface area contributed by atoms with Crippen molar-refractivity contribution < 1.29 is 4.74 Å². The van der Waals surface area contributed by atoms with Crippen LogP contribution in [-0.4, -0.2) is 11.2 Å². The normalized spacial score (nSPS) is 10.2. The van der Waals surface area contributed by atoms with Gasteiger partial charge < -0.3 is 4.74 Å². The van der Waals surface area contributed by atoms with Crippen LogP contribution < -0.4 is 4.74 Å². The molecule has 1 heterocycles. The topological polar surface area (TPSA) is 22.1 Å². The van der Waals surface area contributed by atoms with Crippen LogP contribution in [0.2, 0.25) is 5.02 Å². The van der Waals surface area contributed by atoms with Crippen molar-refractivity contribution >= 4 is 23.4 Å². The summed E-state index contributed by atoms with van der Waals surface area (Å²) in [6, 6.07) is 11.5. The van der Waals surface area contributed by atoms with E-state index in [0.717, 1.165) is 16.3 Å². The maximum absolute atomic E-state index is 5.89. The van der Waals surface area contributed by atoms with Crippen LogP contribution in [0.15, 0.2) is 47.5 Å². The lowest BCUT2D eigenvalue weighted by atomic mass is 10.3. The van der Waals surface area contributed by atoms with Crippen LogP contribution in [0.1, 0.15) is 5.69 Å². The zero-order valence-electron chi connectivity index (χ0n) is 9.39. The summed E-state index contributed by atoms with van der Waals surface area (Å²) in [5.41, 5.74) is 0.827. The van der Waals surface area contributed by atoms with Gasteiger partial charge in [0.15, 0.2) is 0 Å². The Labute approximate surface area is 110 Å². The van der Waals surface area contributed by atoms with Gasteiger partial charge in [0.1, 0.15) is 12.4 Å². The molecule has 0 saturated heterocycles. The minimum absolute atomic E-state index is 0.429. The van der Waals surface area contributed by atoms with Crippen molar-refractivity contribution in [3.05, 3.63) is 53.3 Å². The zero-order chi connectivity index (χ0) is 12.1. The van der Waals surface area contributed by atoms with E-state index in [-0.39, 0.29) is 0 Å². The molecule has 0 aliphatic carbocycles. The average molecular weight is 266 g/mol. The van der Waals surface area contributed by atoms with Gasteiger partial charge in [-0.3, -0.25) is 4.98 Å². The summed E-state index contributed by atoms with van der Waals surface area (Å²) in [5.74, 6) is 0.877. The van der Waals surface area contributed by atoms with Crippen LogP contribution in [0.25, 0.3) is 0 Å². The maximum atomic E-state index is 5.89. The van der Waals surface area contributed by atoms with Gasteiger partial charge in [-0.2, -0.15) is 0 Å². The van der Waals surface area contributed by atoms with E-state index in [2.05, 4.69) is 4.98 Å². The molecule has 2 rings (SSSR count). The summed E-state index contributed by atoms with van der Waals surface area (Å²) in [5, 5.41) is 0.678. The molecule has 0 aliphatic heterocycles. The third-order valence-corrected chi connectivity index (χ3v) is 3.24. The third kappa shape index (κ3) is 3.38. The van der Waals surface area contributed by atoms with E-state index in [4.69, 9.17) is 16.3 Å². The summed E-state index contributed by atoms with van der Waals surface area (Å²) in [6.45, 7) is 0.429. The van der Waals surface area contributed by atoms with Crippen LogP contribution in [-0.2, 0) is 6.61 Å². The molecule has 0 unspecified atom stereocenters. The highest BCUT2D eigenvalue weighted by Gasteiger charge is 2.02. The molecule has 0 fully saturated rings. The summed E-state index contributed by atoms with van der Waals surface area (Å²) < 4.78 is 5.73. The summed E-state index contributed by atoms with van der Waals surface area (Å²) in [4.78, 5) is 5.31. The first-order valence-electron chi connectivity index (χ1n) is 5.16. The first-order chi connectivity index (χ1) is 8.29. The quantitative estimate of drug-likeness (QED) is 0.779. The molecule has 0 radical (unpaired) electrons. The molecule has 1 aromatic carbocycles. The molecule has 4 heteroatoms. The molecule has 2 aromatic rings. The summed E-state index contributed by atoms with van der Waals surface area (Å²) in [6.07, 6.45) is 3.71. The second kappa shape index (κ2) is 5.94. The van der Waals surface area contributed by atoms with Gasteiger partial charge in [0.2, 0.25) is 0 Å². The standard InChI is InChI=1S/C13H12ClNOS/c1-17-13-5-3-2-4-12(13)16-9-11-8-10(14)6-7-15-11/h2-8H,9H2,1H3. The number of rotatable bonds is 4. The number of halogens is 1. The fourth-order valence-corrected chi connectivity index (χ4v) is 2.14. The van der Waals surface area contributed by atoms with Crippen LogP contribution in [0.3, 0.4) is 0 Å². The second-order valence-corrected chi connectivity index (χ2v) is 4.69. The molecule has 17 heavy (non-hydrogen) atoms. The van der Waals surface area contributed by atoms with Crippen molar-refractivity contribution in [1.29, 1.82) is 0 Å². The lowest BCUT2D eigenvalue weighted by molar-refractivity contribution is 0.294. The molecule has 0 atom stereocenters. The van der Waals surface area contributed by atoms with Crippen molar-refractivity contribution in [3.63, 3.8) is 0 Å². The van der Waals surface area contributed by atoms with Crippen molar-refractivity contribution in [3.8, 4) is 5.75 Å². The number of para-hydroxylation sites is 1. The van der Waals surface area contributed by atoms with Crippen molar-refractivity contribution in [2.45, 2.75) is 11.5 Å². The Balaban J connectivity index is 2.07. The van der Waals surface area contributed by atoms with E-state index in [9.17, 15) is 0 Å². The Kier molecular flexibility index (Phi) is 4.29. The first-order valence-corrected chi connectivity index (χ1v) is 6.76. The highest BCUT2D eigenvalue weighted by molar-refractivity contribution is 7.98. The molecule has 0 saturated carbocycles. The second-order valence-electron chi connectivity index (χ2n) is 3.40. The van der Waals surface area contributed by atoms with Crippen molar-refractivity contribution in [2.24, 2.45) is 0 Å². The lowest BCUT2D eigenvalue weighted by Crippen LogP contribution is -1.98. The maximum Gasteiger partial charge on any atom is 0.133 e. The minimum atomic E-state index is 0.429. The van der Waals surface area contributed by atoms with Gasteiger partial charge in [-0.25, -0.2) is 0 Å². The van der Waals surface area contributed by atoms with Crippen LogP contribution in [0.4, 0.5) is 0 Å². The Morgan fingerprint density at radius 1 is 1.29 bits per heavy atom. The predicted octanol–water partition coefficient (Wildman–Crippen LogP) is 4.04. The number of ether oxygens (including phenoxy) is 1. The first kappa shape index (κ1) is 12.3. The fraction of sp³-hybridized carbons (Fsp3) is 0.154. The van der Waals surface area contributed by atoms with E-state index in [1.807, 2.05) is 36.6 Å². The molecule has 0 spiro atoms. The monoisotopic (exact) mass is 265 g/mol. The molecule has 0 amide bonds. The summed E-state index contributed by atoms with van der Waals surface area (Å²) in [7, 11) is 0. The predicted molar refractivity (Wildman–Crippen MR) is 71.8 cm³/mol. The number of thioether (sulfide) groups is 1. The van der Waals surface area contributed by atoms with Crippen LogP contribution in [0.5, 0.6) is 5.75 Å². The van der Waals surface area contributed by atoms with E-state index in [0.29, 0.717) is 11.6 Å². The van der Waals surface area contributed by atoms with Gasteiger partial charge in [0.05, 0.1) is 5.69 Å². The Morgan fingerprint density at radius 2 is 2.12 bits per heavy atom. The Bertz CT molecular complexity index is 504. The number of nitrogens with zero attached hydrogens (tertiary/aromatic N) is 1. The molecular formula is C13H12ClNOS. The number of hydrogen-bond donors (Lipinski definition) is 0. The van der Waals surface area contributed by atoms with E-state index >= 15 is 0 Å². The number of aromatic nitrogens is 1. The molecule has 88 valence electrons. The largest absolute Gasteiger partial charge is 0.486 e. The Morgan fingerprint density at radius 3 is 2.88 bits per heavy atom. The van der Waals surface area contributed by atoms with E-state index in [1.54, 1.807) is 24.0 Å². The number of benzene rings is 1. The SMILES string of the molecule is CSc1ccccc1OCc1cc(Cl)ccn1. The molecule has 0 bridgehead atoms. The van der Waals surface area contributed by atoms with E-state index in [1.165, 1.54) is 0 Å². The van der Waals surface area contributed by atoms with Crippen LogP contribution in [0, 0.1) is 0 Å². The van der Waals surface area contributed by atoms with Crippen molar-refractivity contribution in [2.75, 3.05) is 6.26 Å². The van der Waals surface area contributed by atoms with Crippen LogP contribution >= 0.6 is 23.4 Å². The minimum Gasteiger partial charge on any atom is -0.486 e. The molecular weight excluding hydrogens is 254 g/mol. The number of hydrogen-bond acceptors (Lipinski definition) is 3. The Hall–Kier alpha value is -1.19. The van der Waals surface area contributed by atoms with Crippen molar-refractivity contribution in [1.82, 2.24) is 4.98 Å². The average Bonchev–Trinajstić information content (AvgIpc) is 2.37.